The van der Waals surface area contributed by atoms with Crippen molar-refractivity contribution >= 4 is 5.69 Å². The van der Waals surface area contributed by atoms with Crippen LogP contribution < -0.4 is 4.90 Å². The molecule has 0 bridgehead atoms. The highest BCUT2D eigenvalue weighted by Gasteiger charge is 2.15. The molecular formula is C14H18FNO. The Morgan fingerprint density at radius 2 is 2.18 bits per heavy atom. The zero-order chi connectivity index (χ0) is 13.0. The predicted molar refractivity (Wildman–Crippen MR) is 68.5 cm³/mol. The quantitative estimate of drug-likeness (QED) is 0.811. The first-order valence-electron chi connectivity index (χ1n) is 5.67. The zero-order valence-corrected chi connectivity index (χ0v) is 10.5. The van der Waals surface area contributed by atoms with Gasteiger partial charge in [-0.15, -0.1) is 6.42 Å². The Kier molecular flexibility index (Phi) is 4.53. The molecule has 1 atom stereocenters. The number of benzene rings is 1. The van der Waals surface area contributed by atoms with Crippen molar-refractivity contribution in [2.24, 2.45) is 0 Å². The van der Waals surface area contributed by atoms with Crippen LogP contribution in [0.15, 0.2) is 12.1 Å². The van der Waals surface area contributed by atoms with Crippen LogP contribution in [0.5, 0.6) is 0 Å². The van der Waals surface area contributed by atoms with E-state index in [0.29, 0.717) is 17.7 Å². The summed E-state index contributed by atoms with van der Waals surface area (Å²) < 4.78 is 13.5. The van der Waals surface area contributed by atoms with Crippen molar-refractivity contribution in [1.82, 2.24) is 0 Å². The fourth-order valence-electron chi connectivity index (χ4n) is 1.77. The molecule has 0 saturated carbocycles. The van der Waals surface area contributed by atoms with E-state index in [2.05, 4.69) is 5.92 Å². The van der Waals surface area contributed by atoms with E-state index in [1.165, 1.54) is 6.07 Å². The number of aliphatic hydroxyl groups is 1. The van der Waals surface area contributed by atoms with Crippen LogP contribution >= 0.6 is 0 Å². The van der Waals surface area contributed by atoms with Crippen LogP contribution in [0.2, 0.25) is 0 Å². The maximum absolute atomic E-state index is 13.5. The lowest BCUT2D eigenvalue weighted by Gasteiger charge is -2.25. The highest BCUT2D eigenvalue weighted by Crippen LogP contribution is 2.29. The second kappa shape index (κ2) is 5.70. The van der Waals surface area contributed by atoms with Crippen molar-refractivity contribution in [3.63, 3.8) is 0 Å². The number of hydrogen-bond donors (Lipinski definition) is 1. The minimum Gasteiger partial charge on any atom is -0.389 e. The van der Waals surface area contributed by atoms with Gasteiger partial charge in [-0.25, -0.2) is 4.39 Å². The maximum Gasteiger partial charge on any atom is 0.126 e. The average molecular weight is 235 g/mol. The van der Waals surface area contributed by atoms with Gasteiger partial charge in [-0.05, 0) is 38.5 Å². The van der Waals surface area contributed by atoms with E-state index in [4.69, 9.17) is 6.42 Å². The number of aliphatic hydroxyl groups excluding tert-OH is 1. The Morgan fingerprint density at radius 3 is 2.65 bits per heavy atom. The summed E-state index contributed by atoms with van der Waals surface area (Å²) >= 11 is 0. The normalized spacial score (nSPS) is 12.0. The highest BCUT2D eigenvalue weighted by molar-refractivity contribution is 5.57. The fourth-order valence-corrected chi connectivity index (χ4v) is 1.77. The van der Waals surface area contributed by atoms with Crippen molar-refractivity contribution < 1.29 is 9.50 Å². The van der Waals surface area contributed by atoms with Crippen LogP contribution in [0, 0.1) is 25.1 Å². The van der Waals surface area contributed by atoms with Gasteiger partial charge in [-0.3, -0.25) is 0 Å². The summed E-state index contributed by atoms with van der Waals surface area (Å²) in [6.07, 6.45) is 4.59. The Labute approximate surface area is 102 Å². The number of rotatable bonds is 4. The molecule has 0 amide bonds. The van der Waals surface area contributed by atoms with Crippen molar-refractivity contribution in [2.75, 3.05) is 18.0 Å². The van der Waals surface area contributed by atoms with E-state index >= 15 is 0 Å². The van der Waals surface area contributed by atoms with Crippen LogP contribution in [0.1, 0.15) is 31.1 Å². The monoisotopic (exact) mass is 235 g/mol. The van der Waals surface area contributed by atoms with E-state index in [1.807, 2.05) is 11.8 Å². The third-order valence-electron chi connectivity index (χ3n) is 2.76. The SMILES string of the molecule is C#CCN(CC)c1cc(C)c(F)cc1[C@@H](C)O. The molecule has 0 saturated heterocycles. The Morgan fingerprint density at radius 1 is 1.53 bits per heavy atom. The van der Waals surface area contributed by atoms with Gasteiger partial charge >= 0.3 is 0 Å². The summed E-state index contributed by atoms with van der Waals surface area (Å²) in [6.45, 7) is 6.46. The molecule has 2 nitrogen and oxygen atoms in total. The van der Waals surface area contributed by atoms with Crippen molar-refractivity contribution in [1.29, 1.82) is 0 Å². The predicted octanol–water partition coefficient (Wildman–Crippen LogP) is 2.65. The number of anilines is 1. The number of halogens is 1. The summed E-state index contributed by atoms with van der Waals surface area (Å²) in [7, 11) is 0. The van der Waals surface area contributed by atoms with Gasteiger partial charge in [-0.2, -0.15) is 0 Å². The van der Waals surface area contributed by atoms with E-state index < -0.39 is 6.10 Å². The van der Waals surface area contributed by atoms with Crippen LogP contribution in [0.25, 0.3) is 0 Å². The zero-order valence-electron chi connectivity index (χ0n) is 10.5. The molecule has 17 heavy (non-hydrogen) atoms. The molecule has 0 radical (unpaired) electrons. The summed E-state index contributed by atoms with van der Waals surface area (Å²) in [5.41, 5.74) is 1.93. The molecule has 3 heteroatoms. The minimum atomic E-state index is -0.716. The Hall–Kier alpha value is -1.53. The highest BCUT2D eigenvalue weighted by atomic mass is 19.1. The standard InChI is InChI=1S/C14H18FNO/c1-5-7-16(6-2)14-8-10(3)13(15)9-12(14)11(4)17/h1,8-9,11,17H,6-7H2,2-4H3/t11-/m1/s1. The van der Waals surface area contributed by atoms with Gasteiger partial charge in [0.25, 0.3) is 0 Å². The summed E-state index contributed by atoms with van der Waals surface area (Å²) in [5.74, 6) is 2.26. The van der Waals surface area contributed by atoms with Crippen LogP contribution in [0.4, 0.5) is 10.1 Å². The Balaban J connectivity index is 3.29. The van der Waals surface area contributed by atoms with E-state index in [9.17, 15) is 9.50 Å². The molecule has 0 aliphatic carbocycles. The minimum absolute atomic E-state index is 0.304. The van der Waals surface area contributed by atoms with E-state index in [-0.39, 0.29) is 5.82 Å². The molecule has 0 aromatic heterocycles. The smallest absolute Gasteiger partial charge is 0.126 e. The molecule has 0 heterocycles. The van der Waals surface area contributed by atoms with Gasteiger partial charge in [-0.1, -0.05) is 5.92 Å². The van der Waals surface area contributed by atoms with Gasteiger partial charge in [0.15, 0.2) is 0 Å². The first-order valence-corrected chi connectivity index (χ1v) is 5.67. The topological polar surface area (TPSA) is 23.5 Å². The average Bonchev–Trinajstić information content (AvgIpc) is 2.29. The summed E-state index contributed by atoms with van der Waals surface area (Å²) in [4.78, 5) is 1.94. The maximum atomic E-state index is 13.5. The third-order valence-corrected chi connectivity index (χ3v) is 2.76. The Bertz CT molecular complexity index is 435. The molecule has 1 rings (SSSR count). The summed E-state index contributed by atoms with van der Waals surface area (Å²) in [6, 6.07) is 3.12. The van der Waals surface area contributed by atoms with Gasteiger partial charge in [0.05, 0.1) is 12.6 Å². The van der Waals surface area contributed by atoms with Crippen molar-refractivity contribution in [2.45, 2.75) is 26.9 Å². The van der Waals surface area contributed by atoms with E-state index in [1.54, 1.807) is 19.9 Å². The van der Waals surface area contributed by atoms with Gasteiger partial charge in [0, 0.05) is 17.8 Å². The largest absolute Gasteiger partial charge is 0.389 e. The lowest BCUT2D eigenvalue weighted by molar-refractivity contribution is 0.199. The lowest BCUT2D eigenvalue weighted by Crippen LogP contribution is -2.24. The second-order valence-corrected chi connectivity index (χ2v) is 4.05. The van der Waals surface area contributed by atoms with Gasteiger partial charge < -0.3 is 10.0 Å². The molecule has 0 fully saturated rings. The van der Waals surface area contributed by atoms with E-state index in [0.717, 1.165) is 12.2 Å². The molecule has 0 aliphatic heterocycles. The molecule has 92 valence electrons. The number of nitrogens with zero attached hydrogens (tertiary/aromatic N) is 1. The van der Waals surface area contributed by atoms with Gasteiger partial charge in [0.1, 0.15) is 5.82 Å². The molecule has 1 aromatic carbocycles. The first kappa shape index (κ1) is 13.5. The fraction of sp³-hybridized carbons (Fsp3) is 0.429. The molecular weight excluding hydrogens is 217 g/mol. The molecule has 0 unspecified atom stereocenters. The number of terminal acetylenes is 1. The van der Waals surface area contributed by atoms with Crippen LogP contribution in [-0.4, -0.2) is 18.2 Å². The third kappa shape index (κ3) is 2.98. The number of hydrogen-bond acceptors (Lipinski definition) is 2. The molecule has 0 spiro atoms. The molecule has 1 N–H and O–H groups in total. The number of aryl methyl sites for hydroxylation is 1. The molecule has 0 aliphatic rings. The first-order chi connectivity index (χ1) is 8.01. The van der Waals surface area contributed by atoms with Crippen LogP contribution in [-0.2, 0) is 0 Å². The second-order valence-electron chi connectivity index (χ2n) is 4.05. The van der Waals surface area contributed by atoms with Crippen molar-refractivity contribution in [3.8, 4) is 12.3 Å². The van der Waals surface area contributed by atoms with Crippen molar-refractivity contribution in [3.05, 3.63) is 29.1 Å². The summed E-state index contributed by atoms with van der Waals surface area (Å²) in [5, 5.41) is 9.69. The van der Waals surface area contributed by atoms with Gasteiger partial charge in [0.2, 0.25) is 0 Å². The van der Waals surface area contributed by atoms with Crippen LogP contribution in [0.3, 0.4) is 0 Å². The lowest BCUT2D eigenvalue weighted by atomic mass is 10.0. The molecule has 1 aromatic rings.